The largest absolute Gasteiger partial charge is 0.508 e. The second-order valence-corrected chi connectivity index (χ2v) is 4.93. The lowest BCUT2D eigenvalue weighted by molar-refractivity contribution is -0.132. The Bertz CT molecular complexity index is 876. The third-order valence-corrected chi connectivity index (χ3v) is 3.49. The van der Waals surface area contributed by atoms with E-state index in [1.165, 1.54) is 12.1 Å². The van der Waals surface area contributed by atoms with Crippen molar-refractivity contribution in [2.24, 2.45) is 0 Å². The molecule has 1 heterocycles. The van der Waals surface area contributed by atoms with Crippen LogP contribution in [0.25, 0.3) is 10.9 Å². The Labute approximate surface area is 120 Å². The highest BCUT2D eigenvalue weighted by Gasteiger charge is 2.29. The van der Waals surface area contributed by atoms with Crippen LogP contribution in [-0.2, 0) is 9.59 Å². The van der Waals surface area contributed by atoms with E-state index in [1.54, 1.807) is 0 Å². The molecule has 1 aromatic heterocycles. The Hall–Kier alpha value is -2.70. The second-order valence-electron chi connectivity index (χ2n) is 4.93. The molecule has 0 aliphatic heterocycles. The van der Waals surface area contributed by atoms with Crippen LogP contribution in [0.4, 0.5) is 5.69 Å². The smallest absolute Gasteiger partial charge is 0.263 e. The van der Waals surface area contributed by atoms with E-state index in [4.69, 9.17) is 7.10 Å². The summed E-state index contributed by atoms with van der Waals surface area (Å²) in [6.45, 7) is 0. The lowest BCUT2D eigenvalue weighted by Gasteiger charge is -2.22. The number of carbonyl (C=O) groups is 2. The van der Waals surface area contributed by atoms with Gasteiger partial charge < -0.3 is 10.8 Å². The molecule has 3 rings (SSSR count). The van der Waals surface area contributed by atoms with Crippen LogP contribution in [-0.4, -0.2) is 26.2 Å². The number of aromatic nitrogens is 2. The molecule has 1 aliphatic rings. The maximum absolute atomic E-state index is 12.6. The van der Waals surface area contributed by atoms with Crippen molar-refractivity contribution < 1.29 is 16.1 Å². The first-order chi connectivity index (χ1) is 10.3. The van der Waals surface area contributed by atoms with Crippen LogP contribution in [0.5, 0.6) is 5.75 Å². The first kappa shape index (κ1) is 12.1. The number of benzene rings is 1. The summed E-state index contributed by atoms with van der Waals surface area (Å²) in [5.41, 5.74) is 5.30. The van der Waals surface area contributed by atoms with Crippen molar-refractivity contribution in [2.75, 3.05) is 5.73 Å². The van der Waals surface area contributed by atoms with Crippen LogP contribution in [0, 0.1) is 0 Å². The van der Waals surface area contributed by atoms with Gasteiger partial charge in [0.2, 0.25) is 0 Å². The lowest BCUT2D eigenvalue weighted by Crippen LogP contribution is -2.34. The summed E-state index contributed by atoms with van der Waals surface area (Å²) in [4.78, 5) is 40.0. The van der Waals surface area contributed by atoms with Crippen molar-refractivity contribution in [1.29, 1.82) is 0 Å². The summed E-state index contributed by atoms with van der Waals surface area (Å²) in [5, 5.41) is 9.52. The van der Waals surface area contributed by atoms with E-state index in [2.05, 4.69) is 4.98 Å². The maximum atomic E-state index is 12.6. The summed E-state index contributed by atoms with van der Waals surface area (Å²) >= 11 is 0. The Morgan fingerprint density at radius 1 is 1.38 bits per heavy atom. The molecule has 2 aromatic rings. The van der Waals surface area contributed by atoms with Crippen LogP contribution in [0.15, 0.2) is 23.3 Å². The van der Waals surface area contributed by atoms with Crippen LogP contribution < -0.4 is 11.3 Å². The zero-order valence-electron chi connectivity index (χ0n) is 12.0. The number of rotatable bonds is 1. The number of nitrogen functional groups attached to an aromatic ring is 1. The zero-order valence-corrected chi connectivity index (χ0v) is 11.0. The summed E-state index contributed by atoms with van der Waals surface area (Å²) < 4.78 is 9.23. The van der Waals surface area contributed by atoms with Gasteiger partial charge >= 0.3 is 0 Å². The molecule has 21 heavy (non-hydrogen) atoms. The standard InChI is InChI=1S/C14H13N3O4/c15-9-3-8(19)4-10-13(9)14(21)17(6-16-10)11-2-1-7(18)5-12(11)20/h3-4,6,11,19H,1-2,5,15H2/t11-/m0/s1/i11D. The Balaban J connectivity index is 2.25. The van der Waals surface area contributed by atoms with E-state index in [9.17, 15) is 19.5 Å². The summed E-state index contributed by atoms with van der Waals surface area (Å²) in [6, 6.07) is 0.634. The van der Waals surface area contributed by atoms with Gasteiger partial charge in [0.05, 0.1) is 36.7 Å². The molecule has 3 N–H and O–H groups in total. The van der Waals surface area contributed by atoms with Crippen LogP contribution in [0.2, 0.25) is 0 Å². The third-order valence-electron chi connectivity index (χ3n) is 3.49. The van der Waals surface area contributed by atoms with Crippen molar-refractivity contribution in [3.05, 3.63) is 28.8 Å². The highest BCUT2D eigenvalue weighted by Crippen LogP contribution is 2.25. The molecule has 1 fully saturated rings. The molecule has 0 spiro atoms. The van der Waals surface area contributed by atoms with Crippen molar-refractivity contribution in [2.45, 2.75) is 25.3 Å². The average Bonchev–Trinajstić information content (AvgIpc) is 2.43. The van der Waals surface area contributed by atoms with Crippen LogP contribution in [0.1, 0.15) is 26.7 Å². The SMILES string of the molecule is [2H][C@]1(n2cnc3cc(O)cc(N)c3c2=O)CCC(=O)CC1=O. The highest BCUT2D eigenvalue weighted by molar-refractivity contribution is 6.03. The van der Waals surface area contributed by atoms with E-state index in [1.807, 2.05) is 0 Å². The minimum Gasteiger partial charge on any atom is -0.508 e. The predicted molar refractivity (Wildman–Crippen MR) is 75.0 cm³/mol. The number of fused-ring (bicyclic) bond motifs is 1. The molecular formula is C14H13N3O4. The number of phenolic OH excluding ortho intramolecular Hbond substituents is 1. The second kappa shape index (κ2) is 4.69. The Morgan fingerprint density at radius 2 is 2.14 bits per heavy atom. The fourth-order valence-corrected chi connectivity index (χ4v) is 2.47. The number of nitrogens with zero attached hydrogens (tertiary/aromatic N) is 2. The number of anilines is 1. The van der Waals surface area contributed by atoms with Crippen molar-refractivity contribution >= 4 is 28.2 Å². The van der Waals surface area contributed by atoms with Gasteiger partial charge in [-0.2, -0.15) is 0 Å². The highest BCUT2D eigenvalue weighted by atomic mass is 16.3. The quantitative estimate of drug-likeness (QED) is 0.584. The average molecular weight is 288 g/mol. The number of phenols is 1. The van der Waals surface area contributed by atoms with Gasteiger partial charge in [0, 0.05) is 18.6 Å². The summed E-state index contributed by atoms with van der Waals surface area (Å²) in [5.74, 6) is -1.00. The number of aromatic hydroxyl groups is 1. The summed E-state index contributed by atoms with van der Waals surface area (Å²) in [6.07, 6.45) is 0.712. The fourth-order valence-electron chi connectivity index (χ4n) is 2.47. The molecule has 7 heteroatoms. The van der Waals surface area contributed by atoms with Gasteiger partial charge in [0.25, 0.3) is 5.56 Å². The predicted octanol–water partition coefficient (Wildman–Crippen LogP) is 0.547. The zero-order chi connectivity index (χ0) is 16.1. The molecule has 0 unspecified atom stereocenters. The number of hydrogen-bond acceptors (Lipinski definition) is 6. The lowest BCUT2D eigenvalue weighted by atomic mass is 9.93. The van der Waals surface area contributed by atoms with Gasteiger partial charge in [-0.1, -0.05) is 0 Å². The van der Waals surface area contributed by atoms with Gasteiger partial charge in [0.1, 0.15) is 11.5 Å². The normalized spacial score (nSPS) is 23.3. The molecule has 1 atom stereocenters. The van der Waals surface area contributed by atoms with E-state index in [-0.39, 0.29) is 47.4 Å². The van der Waals surface area contributed by atoms with E-state index >= 15 is 0 Å². The number of Topliss-reactive ketones (excluding diaryl/α,β-unsaturated/α-hetero) is 2. The Kier molecular flexibility index (Phi) is 2.70. The monoisotopic (exact) mass is 288 g/mol. The minimum absolute atomic E-state index is 0.0183. The van der Waals surface area contributed by atoms with Crippen molar-refractivity contribution in [1.82, 2.24) is 9.55 Å². The summed E-state index contributed by atoms with van der Waals surface area (Å²) in [7, 11) is 0. The molecule has 0 saturated heterocycles. The fraction of sp³-hybridized carbons (Fsp3) is 0.286. The molecule has 1 saturated carbocycles. The third kappa shape index (κ3) is 2.16. The topological polar surface area (TPSA) is 115 Å². The maximum Gasteiger partial charge on any atom is 0.263 e. The van der Waals surface area contributed by atoms with E-state index in [0.717, 1.165) is 10.9 Å². The molecule has 1 aromatic carbocycles. The van der Waals surface area contributed by atoms with Crippen molar-refractivity contribution in [3.8, 4) is 5.75 Å². The van der Waals surface area contributed by atoms with Gasteiger partial charge in [0.15, 0.2) is 5.78 Å². The first-order valence-electron chi connectivity index (χ1n) is 6.88. The molecular weight excluding hydrogens is 274 g/mol. The van der Waals surface area contributed by atoms with Gasteiger partial charge in [-0.3, -0.25) is 19.0 Å². The van der Waals surface area contributed by atoms with Gasteiger partial charge in [-0.05, 0) is 6.42 Å². The number of carbonyl (C=O) groups excluding carboxylic acids is 2. The molecule has 0 amide bonds. The molecule has 0 bridgehead atoms. The van der Waals surface area contributed by atoms with Gasteiger partial charge in [-0.15, -0.1) is 0 Å². The number of hydrogen-bond donors (Lipinski definition) is 2. The van der Waals surface area contributed by atoms with Crippen molar-refractivity contribution in [3.63, 3.8) is 0 Å². The minimum atomic E-state index is -1.85. The number of nitrogens with two attached hydrogens (primary N) is 1. The van der Waals surface area contributed by atoms with Crippen LogP contribution in [0.3, 0.4) is 0 Å². The van der Waals surface area contributed by atoms with E-state index < -0.39 is 17.4 Å². The van der Waals surface area contributed by atoms with E-state index in [0.29, 0.717) is 0 Å². The molecule has 7 nitrogen and oxygen atoms in total. The molecule has 1 aliphatic carbocycles. The Morgan fingerprint density at radius 3 is 2.86 bits per heavy atom. The van der Waals surface area contributed by atoms with Gasteiger partial charge in [-0.25, -0.2) is 4.98 Å². The molecule has 0 radical (unpaired) electrons. The van der Waals surface area contributed by atoms with Crippen LogP contribution >= 0.6 is 0 Å². The molecule has 108 valence electrons. The first-order valence-corrected chi connectivity index (χ1v) is 6.38. The number of ketones is 2.